The van der Waals surface area contributed by atoms with Crippen LogP contribution in [0.4, 0.5) is 5.69 Å². The summed E-state index contributed by atoms with van der Waals surface area (Å²) in [7, 11) is 0. The molecule has 4 nitrogen and oxygen atoms in total. The zero-order valence-electron chi connectivity index (χ0n) is 12.7. The van der Waals surface area contributed by atoms with E-state index in [0.717, 1.165) is 11.1 Å². The molecule has 0 aliphatic carbocycles. The highest BCUT2D eigenvalue weighted by atomic mass is 16.5. The zero-order chi connectivity index (χ0) is 15.9. The summed E-state index contributed by atoms with van der Waals surface area (Å²) in [5.41, 5.74) is 2.53. The molecule has 0 aromatic heterocycles. The number of carbonyl (C=O) groups excluding carboxylic acids is 2. The van der Waals surface area contributed by atoms with E-state index >= 15 is 0 Å². The van der Waals surface area contributed by atoms with Crippen LogP contribution in [0.1, 0.15) is 31.1 Å². The fraction of sp³-hybridized carbons (Fsp3) is 0.222. The van der Waals surface area contributed by atoms with Crippen molar-refractivity contribution in [2.24, 2.45) is 0 Å². The Morgan fingerprint density at radius 2 is 1.68 bits per heavy atom. The van der Waals surface area contributed by atoms with Crippen LogP contribution in [0.25, 0.3) is 0 Å². The van der Waals surface area contributed by atoms with Gasteiger partial charge in [-0.15, -0.1) is 0 Å². The highest BCUT2D eigenvalue weighted by Crippen LogP contribution is 2.17. The third kappa shape index (κ3) is 4.74. The van der Waals surface area contributed by atoms with Crippen LogP contribution in [0.3, 0.4) is 0 Å². The van der Waals surface area contributed by atoms with Gasteiger partial charge in [0.15, 0.2) is 0 Å². The summed E-state index contributed by atoms with van der Waals surface area (Å²) < 4.78 is 5.43. The summed E-state index contributed by atoms with van der Waals surface area (Å²) in [6.07, 6.45) is -0.0651. The average molecular weight is 297 g/mol. The molecule has 0 aliphatic heterocycles. The van der Waals surface area contributed by atoms with Crippen molar-refractivity contribution in [3.8, 4) is 0 Å². The number of esters is 1. The molecule has 0 bridgehead atoms. The number of benzene rings is 2. The second-order valence-corrected chi connectivity index (χ2v) is 5.10. The Bertz CT molecular complexity index is 635. The van der Waals surface area contributed by atoms with E-state index < -0.39 is 0 Å². The second-order valence-electron chi connectivity index (χ2n) is 5.10. The Morgan fingerprint density at radius 3 is 2.27 bits per heavy atom. The molecule has 1 N–H and O–H groups in total. The number of ether oxygens (including phenoxy) is 1. The minimum atomic E-state index is -0.274. The molecule has 0 aliphatic rings. The van der Waals surface area contributed by atoms with Gasteiger partial charge in [0.1, 0.15) is 6.10 Å². The summed E-state index contributed by atoms with van der Waals surface area (Å²) >= 11 is 0. The van der Waals surface area contributed by atoms with Crippen LogP contribution < -0.4 is 5.32 Å². The van der Waals surface area contributed by atoms with Gasteiger partial charge in [-0.25, -0.2) is 0 Å². The summed E-state index contributed by atoms with van der Waals surface area (Å²) in [5.74, 6) is -0.396. The van der Waals surface area contributed by atoms with Gasteiger partial charge < -0.3 is 10.1 Å². The maximum atomic E-state index is 12.0. The van der Waals surface area contributed by atoms with E-state index in [1.165, 1.54) is 6.92 Å². The highest BCUT2D eigenvalue weighted by Gasteiger charge is 2.12. The Balaban J connectivity index is 1.90. The molecule has 2 aromatic rings. The van der Waals surface area contributed by atoms with Gasteiger partial charge in [0.25, 0.3) is 0 Å². The Hall–Kier alpha value is -2.62. The standard InChI is InChI=1S/C18H19NO3/c1-13(16-6-4-3-5-7-16)22-18(21)12-15-8-10-17(11-9-15)19-14(2)20/h3-11,13H,12H2,1-2H3,(H,19,20)/t13-/m1/s1. The van der Waals surface area contributed by atoms with Gasteiger partial charge in [-0.3, -0.25) is 9.59 Å². The monoisotopic (exact) mass is 297 g/mol. The summed E-state index contributed by atoms with van der Waals surface area (Å²) in [5, 5.41) is 2.68. The number of rotatable bonds is 5. The van der Waals surface area contributed by atoms with Crippen molar-refractivity contribution in [2.45, 2.75) is 26.4 Å². The topological polar surface area (TPSA) is 55.4 Å². The minimum Gasteiger partial charge on any atom is -0.458 e. The van der Waals surface area contributed by atoms with Crippen molar-refractivity contribution < 1.29 is 14.3 Å². The molecule has 0 saturated heterocycles. The van der Waals surface area contributed by atoms with E-state index in [4.69, 9.17) is 4.74 Å². The summed E-state index contributed by atoms with van der Waals surface area (Å²) in [4.78, 5) is 22.9. The fourth-order valence-corrected chi connectivity index (χ4v) is 2.11. The van der Waals surface area contributed by atoms with Gasteiger partial charge in [-0.05, 0) is 30.2 Å². The quantitative estimate of drug-likeness (QED) is 0.859. The molecule has 0 fully saturated rings. The number of hydrogen-bond donors (Lipinski definition) is 1. The van der Waals surface area contributed by atoms with Crippen LogP contribution in [0.2, 0.25) is 0 Å². The van der Waals surface area contributed by atoms with Crippen molar-refractivity contribution in [3.63, 3.8) is 0 Å². The maximum Gasteiger partial charge on any atom is 0.310 e. The van der Waals surface area contributed by atoms with Crippen molar-refractivity contribution in [1.82, 2.24) is 0 Å². The number of nitrogens with one attached hydrogen (secondary N) is 1. The molecule has 114 valence electrons. The maximum absolute atomic E-state index is 12.0. The van der Waals surface area contributed by atoms with Crippen LogP contribution in [0.5, 0.6) is 0 Å². The van der Waals surface area contributed by atoms with E-state index in [1.54, 1.807) is 24.3 Å². The van der Waals surface area contributed by atoms with E-state index in [9.17, 15) is 9.59 Å². The molecular weight excluding hydrogens is 278 g/mol. The lowest BCUT2D eigenvalue weighted by atomic mass is 10.1. The van der Waals surface area contributed by atoms with Gasteiger partial charge in [-0.1, -0.05) is 42.5 Å². The van der Waals surface area contributed by atoms with Gasteiger partial charge in [0, 0.05) is 12.6 Å². The average Bonchev–Trinajstić information content (AvgIpc) is 2.49. The molecule has 4 heteroatoms. The summed E-state index contributed by atoms with van der Waals surface area (Å²) in [6.45, 7) is 3.31. The van der Waals surface area contributed by atoms with Crippen LogP contribution in [0, 0.1) is 0 Å². The molecule has 0 spiro atoms. The minimum absolute atomic E-state index is 0.121. The first-order chi connectivity index (χ1) is 10.5. The lowest BCUT2D eigenvalue weighted by Crippen LogP contribution is -2.11. The molecular formula is C18H19NO3. The predicted octanol–water partition coefficient (Wildman–Crippen LogP) is 3.49. The normalized spacial score (nSPS) is 11.5. The lowest BCUT2D eigenvalue weighted by molar-refractivity contribution is -0.147. The summed E-state index contributed by atoms with van der Waals surface area (Å²) in [6, 6.07) is 16.8. The van der Waals surface area contributed by atoms with E-state index in [2.05, 4.69) is 5.32 Å². The molecule has 2 rings (SSSR count). The molecule has 1 amide bonds. The van der Waals surface area contributed by atoms with E-state index in [-0.39, 0.29) is 24.4 Å². The molecule has 0 radical (unpaired) electrons. The Morgan fingerprint density at radius 1 is 1.05 bits per heavy atom. The van der Waals surface area contributed by atoms with Crippen molar-refractivity contribution in [1.29, 1.82) is 0 Å². The van der Waals surface area contributed by atoms with Gasteiger partial charge in [-0.2, -0.15) is 0 Å². The highest BCUT2D eigenvalue weighted by molar-refractivity contribution is 5.88. The molecule has 22 heavy (non-hydrogen) atoms. The molecule has 0 saturated carbocycles. The SMILES string of the molecule is CC(=O)Nc1ccc(CC(=O)O[C@H](C)c2ccccc2)cc1. The van der Waals surface area contributed by atoms with Crippen LogP contribution in [-0.2, 0) is 20.7 Å². The van der Waals surface area contributed by atoms with Crippen LogP contribution in [-0.4, -0.2) is 11.9 Å². The van der Waals surface area contributed by atoms with Crippen molar-refractivity contribution in [3.05, 3.63) is 65.7 Å². The number of carbonyl (C=O) groups is 2. The number of hydrogen-bond acceptors (Lipinski definition) is 3. The Labute approximate surface area is 130 Å². The van der Waals surface area contributed by atoms with Gasteiger partial charge in [0.05, 0.1) is 6.42 Å². The number of anilines is 1. The Kier molecular flexibility index (Phi) is 5.31. The fourth-order valence-electron chi connectivity index (χ4n) is 2.11. The van der Waals surface area contributed by atoms with E-state index in [0.29, 0.717) is 5.69 Å². The third-order valence-electron chi connectivity index (χ3n) is 3.20. The molecule has 2 aromatic carbocycles. The smallest absolute Gasteiger partial charge is 0.310 e. The number of amides is 1. The third-order valence-corrected chi connectivity index (χ3v) is 3.20. The van der Waals surface area contributed by atoms with E-state index in [1.807, 2.05) is 37.3 Å². The first kappa shape index (κ1) is 15.8. The first-order valence-corrected chi connectivity index (χ1v) is 7.15. The van der Waals surface area contributed by atoms with Crippen molar-refractivity contribution >= 4 is 17.6 Å². The van der Waals surface area contributed by atoms with Gasteiger partial charge in [0.2, 0.25) is 5.91 Å². The van der Waals surface area contributed by atoms with Gasteiger partial charge >= 0.3 is 5.97 Å². The second kappa shape index (κ2) is 7.41. The molecule has 0 unspecified atom stereocenters. The first-order valence-electron chi connectivity index (χ1n) is 7.15. The zero-order valence-corrected chi connectivity index (χ0v) is 12.7. The van der Waals surface area contributed by atoms with Crippen LogP contribution >= 0.6 is 0 Å². The van der Waals surface area contributed by atoms with Crippen molar-refractivity contribution in [2.75, 3.05) is 5.32 Å². The largest absolute Gasteiger partial charge is 0.458 e. The molecule has 1 atom stereocenters. The van der Waals surface area contributed by atoms with Crippen LogP contribution in [0.15, 0.2) is 54.6 Å². The lowest BCUT2D eigenvalue weighted by Gasteiger charge is -2.13. The molecule has 0 heterocycles. The predicted molar refractivity (Wildman–Crippen MR) is 85.4 cm³/mol.